The third kappa shape index (κ3) is 2.38. The van der Waals surface area contributed by atoms with Crippen molar-refractivity contribution in [2.45, 2.75) is 32.8 Å². The van der Waals surface area contributed by atoms with Gasteiger partial charge in [-0.2, -0.15) is 0 Å². The number of aliphatic hydroxyl groups is 1. The van der Waals surface area contributed by atoms with Crippen molar-refractivity contribution in [1.29, 1.82) is 0 Å². The number of methoxy groups -OCH3 is 1. The molecule has 1 aliphatic carbocycles. The van der Waals surface area contributed by atoms with Crippen LogP contribution in [0.4, 0.5) is 0 Å². The maximum absolute atomic E-state index is 10.1. The van der Waals surface area contributed by atoms with E-state index in [1.165, 1.54) is 0 Å². The lowest BCUT2D eigenvalue weighted by molar-refractivity contribution is 0.137. The predicted octanol–water partition coefficient (Wildman–Crippen LogP) is 2.64. The Morgan fingerprint density at radius 3 is 2.75 bits per heavy atom. The zero-order valence-corrected chi connectivity index (χ0v) is 10.2. The van der Waals surface area contributed by atoms with E-state index in [0.717, 1.165) is 24.2 Å². The van der Waals surface area contributed by atoms with E-state index in [2.05, 4.69) is 13.8 Å². The molecule has 0 bridgehead atoms. The van der Waals surface area contributed by atoms with Crippen molar-refractivity contribution in [3.8, 4) is 5.75 Å². The van der Waals surface area contributed by atoms with Crippen molar-refractivity contribution in [2.75, 3.05) is 7.11 Å². The van der Waals surface area contributed by atoms with E-state index >= 15 is 0 Å². The Balaban J connectivity index is 1.98. The Bertz CT molecular complexity index is 371. The minimum absolute atomic E-state index is 0.220. The molecule has 1 saturated carbocycles. The van der Waals surface area contributed by atoms with Crippen LogP contribution in [0.2, 0.25) is 0 Å². The summed E-state index contributed by atoms with van der Waals surface area (Å²) in [5.41, 5.74) is 1.48. The van der Waals surface area contributed by atoms with E-state index < -0.39 is 0 Å². The van der Waals surface area contributed by atoms with Crippen LogP contribution in [0, 0.1) is 11.3 Å². The van der Waals surface area contributed by atoms with Gasteiger partial charge in [0.2, 0.25) is 0 Å². The smallest absolute Gasteiger partial charge is 0.119 e. The van der Waals surface area contributed by atoms with Crippen LogP contribution in [0.3, 0.4) is 0 Å². The van der Waals surface area contributed by atoms with Crippen LogP contribution in [0.1, 0.15) is 25.8 Å². The molecule has 2 nitrogen and oxygen atoms in total. The van der Waals surface area contributed by atoms with Gasteiger partial charge < -0.3 is 9.84 Å². The lowest BCUT2D eigenvalue weighted by atomic mass is 10.00. The van der Waals surface area contributed by atoms with Crippen LogP contribution >= 0.6 is 0 Å². The van der Waals surface area contributed by atoms with Gasteiger partial charge in [0.15, 0.2) is 0 Å². The molecule has 1 fully saturated rings. The second-order valence-electron chi connectivity index (χ2n) is 5.42. The Hall–Kier alpha value is -1.02. The summed E-state index contributed by atoms with van der Waals surface area (Å²) in [6.07, 6.45) is 1.64. The number of ether oxygens (including phenoxy) is 1. The molecule has 2 unspecified atom stereocenters. The maximum Gasteiger partial charge on any atom is 0.119 e. The van der Waals surface area contributed by atoms with E-state index in [9.17, 15) is 5.11 Å². The first-order chi connectivity index (χ1) is 7.53. The van der Waals surface area contributed by atoms with E-state index in [1.54, 1.807) is 7.11 Å². The van der Waals surface area contributed by atoms with Crippen molar-refractivity contribution in [3.05, 3.63) is 29.8 Å². The van der Waals surface area contributed by atoms with Gasteiger partial charge in [0.1, 0.15) is 5.75 Å². The van der Waals surface area contributed by atoms with Crippen LogP contribution in [0.5, 0.6) is 5.75 Å². The molecule has 1 aromatic carbocycles. The number of rotatable bonds is 4. The van der Waals surface area contributed by atoms with Gasteiger partial charge in [-0.3, -0.25) is 0 Å². The fourth-order valence-electron chi connectivity index (χ4n) is 2.35. The average Bonchev–Trinajstić information content (AvgIpc) is 2.88. The topological polar surface area (TPSA) is 29.5 Å². The SMILES string of the molecule is COc1cccc(CC(O)C2CC2(C)C)c1. The summed E-state index contributed by atoms with van der Waals surface area (Å²) in [5.74, 6) is 1.32. The van der Waals surface area contributed by atoms with Gasteiger partial charge in [0.25, 0.3) is 0 Å². The van der Waals surface area contributed by atoms with Crippen molar-refractivity contribution >= 4 is 0 Å². The summed E-state index contributed by atoms with van der Waals surface area (Å²) in [5, 5.41) is 10.1. The van der Waals surface area contributed by atoms with Crippen molar-refractivity contribution < 1.29 is 9.84 Å². The molecule has 2 heteroatoms. The third-order valence-electron chi connectivity index (χ3n) is 3.63. The minimum Gasteiger partial charge on any atom is -0.497 e. The van der Waals surface area contributed by atoms with Crippen molar-refractivity contribution in [3.63, 3.8) is 0 Å². The zero-order chi connectivity index (χ0) is 11.8. The summed E-state index contributed by atoms with van der Waals surface area (Å²) >= 11 is 0. The molecule has 1 aromatic rings. The highest BCUT2D eigenvalue weighted by molar-refractivity contribution is 5.29. The van der Waals surface area contributed by atoms with Gasteiger partial charge in [-0.05, 0) is 41.9 Å². The molecule has 16 heavy (non-hydrogen) atoms. The normalized spacial score (nSPS) is 23.9. The van der Waals surface area contributed by atoms with Crippen LogP contribution in [0.25, 0.3) is 0 Å². The maximum atomic E-state index is 10.1. The number of hydrogen-bond donors (Lipinski definition) is 1. The Kier molecular flexibility index (Phi) is 2.94. The fourth-order valence-corrected chi connectivity index (χ4v) is 2.35. The summed E-state index contributed by atoms with van der Waals surface area (Å²) in [7, 11) is 1.67. The molecule has 2 rings (SSSR count). The fraction of sp³-hybridized carbons (Fsp3) is 0.571. The summed E-state index contributed by atoms with van der Waals surface area (Å²) < 4.78 is 5.17. The molecular formula is C14H20O2. The molecule has 2 atom stereocenters. The lowest BCUT2D eigenvalue weighted by Crippen LogP contribution is -2.16. The van der Waals surface area contributed by atoms with Crippen LogP contribution < -0.4 is 4.74 Å². The molecule has 88 valence electrons. The highest BCUT2D eigenvalue weighted by Crippen LogP contribution is 2.54. The van der Waals surface area contributed by atoms with E-state index in [-0.39, 0.29) is 6.10 Å². The standard InChI is InChI=1S/C14H20O2/c1-14(2)9-12(14)13(15)8-10-5-4-6-11(7-10)16-3/h4-7,12-13,15H,8-9H2,1-3H3. The van der Waals surface area contributed by atoms with Gasteiger partial charge >= 0.3 is 0 Å². The molecule has 1 N–H and O–H groups in total. The first kappa shape index (κ1) is 11.5. The Morgan fingerprint density at radius 2 is 2.19 bits per heavy atom. The number of hydrogen-bond acceptors (Lipinski definition) is 2. The molecule has 0 amide bonds. The number of aliphatic hydroxyl groups excluding tert-OH is 1. The summed E-state index contributed by atoms with van der Waals surface area (Å²) in [6, 6.07) is 7.94. The summed E-state index contributed by atoms with van der Waals surface area (Å²) in [6.45, 7) is 4.43. The minimum atomic E-state index is -0.220. The molecule has 0 heterocycles. The van der Waals surface area contributed by atoms with Gasteiger partial charge in [0.05, 0.1) is 13.2 Å². The first-order valence-corrected chi connectivity index (χ1v) is 5.84. The molecule has 0 spiro atoms. The average molecular weight is 220 g/mol. The molecule has 0 aliphatic heterocycles. The monoisotopic (exact) mass is 220 g/mol. The summed E-state index contributed by atoms with van der Waals surface area (Å²) in [4.78, 5) is 0. The molecule has 1 aliphatic rings. The predicted molar refractivity (Wildman–Crippen MR) is 64.6 cm³/mol. The Labute approximate surface area is 97.3 Å². The van der Waals surface area contributed by atoms with E-state index in [4.69, 9.17) is 4.74 Å². The van der Waals surface area contributed by atoms with Crippen LogP contribution in [-0.2, 0) is 6.42 Å². The van der Waals surface area contributed by atoms with Crippen molar-refractivity contribution in [2.24, 2.45) is 11.3 Å². The third-order valence-corrected chi connectivity index (χ3v) is 3.63. The second kappa shape index (κ2) is 4.10. The van der Waals surface area contributed by atoms with Gasteiger partial charge in [-0.15, -0.1) is 0 Å². The highest BCUT2D eigenvalue weighted by atomic mass is 16.5. The lowest BCUT2D eigenvalue weighted by Gasteiger charge is -2.13. The van der Waals surface area contributed by atoms with Crippen LogP contribution in [0.15, 0.2) is 24.3 Å². The first-order valence-electron chi connectivity index (χ1n) is 5.84. The Morgan fingerprint density at radius 1 is 1.50 bits per heavy atom. The second-order valence-corrected chi connectivity index (χ2v) is 5.42. The number of benzene rings is 1. The van der Waals surface area contributed by atoms with E-state index in [0.29, 0.717) is 11.3 Å². The van der Waals surface area contributed by atoms with Crippen molar-refractivity contribution in [1.82, 2.24) is 0 Å². The molecular weight excluding hydrogens is 200 g/mol. The van der Waals surface area contributed by atoms with Gasteiger partial charge in [0, 0.05) is 0 Å². The molecule has 0 radical (unpaired) electrons. The highest BCUT2D eigenvalue weighted by Gasteiger charge is 2.49. The van der Waals surface area contributed by atoms with E-state index in [1.807, 2.05) is 24.3 Å². The van der Waals surface area contributed by atoms with Gasteiger partial charge in [-0.1, -0.05) is 26.0 Å². The zero-order valence-electron chi connectivity index (χ0n) is 10.2. The molecule has 0 saturated heterocycles. The molecule has 0 aromatic heterocycles. The quantitative estimate of drug-likeness (QED) is 0.845. The van der Waals surface area contributed by atoms with Crippen LogP contribution in [-0.4, -0.2) is 18.3 Å². The largest absolute Gasteiger partial charge is 0.497 e. The van der Waals surface area contributed by atoms with Gasteiger partial charge in [-0.25, -0.2) is 0 Å².